The third-order valence-electron chi connectivity index (χ3n) is 4.53. The number of nitrogens with zero attached hydrogens (tertiary/aromatic N) is 1. The van der Waals surface area contributed by atoms with Gasteiger partial charge in [0.15, 0.2) is 5.96 Å². The third kappa shape index (κ3) is 4.10. The number of rotatable bonds is 4. The monoisotopic (exact) mass is 341 g/mol. The fraction of sp³-hybridized carbons (Fsp3) is 0.350. The Kier molecular flexibility index (Phi) is 4.93. The lowest BCUT2D eigenvalue weighted by molar-refractivity contribution is 0.262. The van der Waals surface area contributed by atoms with Crippen molar-refractivity contribution in [3.05, 3.63) is 65.5 Å². The molecule has 132 valence electrons. The summed E-state index contributed by atoms with van der Waals surface area (Å²) in [6.45, 7) is 5.18. The Balaban J connectivity index is 1.68. The van der Waals surface area contributed by atoms with Gasteiger partial charge in [-0.1, -0.05) is 44.2 Å². The van der Waals surface area contributed by atoms with Gasteiger partial charge < -0.3 is 15.8 Å². The zero-order valence-corrected chi connectivity index (χ0v) is 14.6. The van der Waals surface area contributed by atoms with E-state index in [1.54, 1.807) is 12.1 Å². The first-order valence-electron chi connectivity index (χ1n) is 8.50. The summed E-state index contributed by atoms with van der Waals surface area (Å²) in [4.78, 5) is 4.49. The zero-order valence-electron chi connectivity index (χ0n) is 14.6. The first-order chi connectivity index (χ1) is 12.0. The molecule has 3 N–H and O–H groups in total. The number of guanidine groups is 1. The van der Waals surface area contributed by atoms with E-state index in [9.17, 15) is 4.39 Å². The highest BCUT2D eigenvalue weighted by Gasteiger charge is 2.23. The van der Waals surface area contributed by atoms with Crippen LogP contribution in [0.2, 0.25) is 0 Å². The minimum Gasteiger partial charge on any atom is -0.493 e. The first kappa shape index (κ1) is 17.3. The van der Waals surface area contributed by atoms with Crippen LogP contribution in [0.1, 0.15) is 37.4 Å². The lowest BCUT2D eigenvalue weighted by atomic mass is 9.85. The molecule has 0 fully saturated rings. The number of hydrogen-bond donors (Lipinski definition) is 2. The number of fused-ring (bicyclic) bond motifs is 1. The molecule has 2 aromatic rings. The number of hydrogen-bond acceptors (Lipinski definition) is 2. The van der Waals surface area contributed by atoms with Crippen LogP contribution in [0, 0.1) is 5.82 Å². The van der Waals surface area contributed by atoms with Crippen molar-refractivity contribution in [2.45, 2.75) is 31.7 Å². The van der Waals surface area contributed by atoms with Gasteiger partial charge in [0.25, 0.3) is 0 Å². The molecule has 1 heterocycles. The standard InChI is InChI=1S/C20H24FN3O/c1-20(2,14-6-5-7-15(21)12-14)13-23-19(22)24-17-10-11-25-18-9-4-3-8-16(17)18/h3-9,12,17H,10-11,13H2,1-2H3,(H3,22,23,24). The summed E-state index contributed by atoms with van der Waals surface area (Å²) in [6.07, 6.45) is 0.834. The number of ether oxygens (including phenoxy) is 1. The van der Waals surface area contributed by atoms with Gasteiger partial charge in [-0.05, 0) is 23.8 Å². The Morgan fingerprint density at radius 3 is 2.88 bits per heavy atom. The van der Waals surface area contributed by atoms with E-state index >= 15 is 0 Å². The van der Waals surface area contributed by atoms with Crippen molar-refractivity contribution in [1.82, 2.24) is 5.32 Å². The maximum absolute atomic E-state index is 13.5. The summed E-state index contributed by atoms with van der Waals surface area (Å²) in [5, 5.41) is 3.28. The fourth-order valence-corrected chi connectivity index (χ4v) is 3.00. The number of benzene rings is 2. The predicted octanol–water partition coefficient (Wildman–Crippen LogP) is 3.53. The molecule has 1 atom stereocenters. The van der Waals surface area contributed by atoms with Gasteiger partial charge >= 0.3 is 0 Å². The van der Waals surface area contributed by atoms with Crippen molar-refractivity contribution in [2.24, 2.45) is 10.7 Å². The Morgan fingerprint density at radius 1 is 1.28 bits per heavy atom. The second-order valence-corrected chi connectivity index (χ2v) is 6.97. The van der Waals surface area contributed by atoms with Gasteiger partial charge in [0.2, 0.25) is 0 Å². The van der Waals surface area contributed by atoms with Crippen molar-refractivity contribution in [1.29, 1.82) is 0 Å². The zero-order chi connectivity index (χ0) is 17.9. The molecular weight excluding hydrogens is 317 g/mol. The summed E-state index contributed by atoms with van der Waals surface area (Å²) in [5.41, 5.74) is 7.79. The Morgan fingerprint density at radius 2 is 2.08 bits per heavy atom. The fourth-order valence-electron chi connectivity index (χ4n) is 3.00. The summed E-state index contributed by atoms with van der Waals surface area (Å²) >= 11 is 0. The predicted molar refractivity (Wildman–Crippen MR) is 98.3 cm³/mol. The van der Waals surface area contributed by atoms with Crippen molar-refractivity contribution in [2.75, 3.05) is 13.2 Å². The van der Waals surface area contributed by atoms with Crippen LogP contribution in [-0.2, 0) is 5.41 Å². The Labute approximate surface area is 147 Å². The molecule has 0 aromatic heterocycles. The van der Waals surface area contributed by atoms with Gasteiger partial charge in [0.1, 0.15) is 11.6 Å². The van der Waals surface area contributed by atoms with Crippen molar-refractivity contribution in [3.63, 3.8) is 0 Å². The van der Waals surface area contributed by atoms with Gasteiger partial charge in [-0.15, -0.1) is 0 Å². The summed E-state index contributed by atoms with van der Waals surface area (Å²) in [6, 6.07) is 14.7. The molecule has 1 unspecified atom stereocenters. The lowest BCUT2D eigenvalue weighted by Crippen LogP contribution is -2.38. The van der Waals surface area contributed by atoms with E-state index in [1.807, 2.05) is 44.2 Å². The lowest BCUT2D eigenvalue weighted by Gasteiger charge is -2.27. The van der Waals surface area contributed by atoms with Crippen LogP contribution in [0.4, 0.5) is 4.39 Å². The first-order valence-corrected chi connectivity index (χ1v) is 8.50. The van der Waals surface area contributed by atoms with Gasteiger partial charge in [0, 0.05) is 17.4 Å². The topological polar surface area (TPSA) is 59.6 Å². The minimum atomic E-state index is -0.304. The molecule has 0 bridgehead atoms. The van der Waals surface area contributed by atoms with E-state index < -0.39 is 0 Å². The molecule has 0 radical (unpaired) electrons. The van der Waals surface area contributed by atoms with Crippen molar-refractivity contribution < 1.29 is 9.13 Å². The Bertz CT molecular complexity index is 773. The SMILES string of the molecule is CC(C)(CN=C(N)NC1CCOc2ccccc21)c1cccc(F)c1. The highest BCUT2D eigenvalue weighted by atomic mass is 19.1. The number of para-hydroxylation sites is 1. The molecule has 0 amide bonds. The molecular formula is C20H24FN3O. The van der Waals surface area contributed by atoms with E-state index in [-0.39, 0.29) is 17.3 Å². The maximum Gasteiger partial charge on any atom is 0.189 e. The van der Waals surface area contributed by atoms with Crippen LogP contribution in [0.15, 0.2) is 53.5 Å². The molecule has 1 aliphatic rings. The number of aliphatic imine (C=N–C) groups is 1. The number of nitrogens with two attached hydrogens (primary N) is 1. The molecule has 2 aromatic carbocycles. The minimum absolute atomic E-state index is 0.0889. The number of halogens is 1. The van der Waals surface area contributed by atoms with Crippen LogP contribution >= 0.6 is 0 Å². The van der Waals surface area contributed by atoms with E-state index in [2.05, 4.69) is 10.3 Å². The summed E-state index contributed by atoms with van der Waals surface area (Å²) in [5.74, 6) is 1.05. The molecule has 3 rings (SSSR count). The molecule has 0 aliphatic carbocycles. The Hall–Kier alpha value is -2.56. The summed E-state index contributed by atoms with van der Waals surface area (Å²) < 4.78 is 19.1. The van der Waals surface area contributed by atoms with E-state index in [0.29, 0.717) is 19.1 Å². The third-order valence-corrected chi connectivity index (χ3v) is 4.53. The van der Waals surface area contributed by atoms with Gasteiger partial charge in [-0.2, -0.15) is 0 Å². The highest BCUT2D eigenvalue weighted by molar-refractivity contribution is 5.78. The average molecular weight is 341 g/mol. The van der Waals surface area contributed by atoms with Crippen molar-refractivity contribution >= 4 is 5.96 Å². The smallest absolute Gasteiger partial charge is 0.189 e. The van der Waals surface area contributed by atoms with E-state index in [1.165, 1.54) is 6.07 Å². The van der Waals surface area contributed by atoms with Crippen LogP contribution in [-0.4, -0.2) is 19.1 Å². The normalized spacial score (nSPS) is 17.6. The molecule has 4 nitrogen and oxygen atoms in total. The molecule has 25 heavy (non-hydrogen) atoms. The number of nitrogens with one attached hydrogen (secondary N) is 1. The van der Waals surface area contributed by atoms with Gasteiger partial charge in [0.05, 0.1) is 19.2 Å². The molecule has 0 saturated heterocycles. The van der Waals surface area contributed by atoms with E-state index in [4.69, 9.17) is 10.5 Å². The second-order valence-electron chi connectivity index (χ2n) is 6.97. The molecule has 0 saturated carbocycles. The van der Waals surface area contributed by atoms with Crippen LogP contribution in [0.3, 0.4) is 0 Å². The van der Waals surface area contributed by atoms with Gasteiger partial charge in [-0.3, -0.25) is 4.99 Å². The quantitative estimate of drug-likeness (QED) is 0.661. The summed E-state index contributed by atoms with van der Waals surface area (Å²) in [7, 11) is 0. The van der Waals surface area contributed by atoms with Crippen LogP contribution in [0.25, 0.3) is 0 Å². The van der Waals surface area contributed by atoms with E-state index in [0.717, 1.165) is 23.3 Å². The maximum atomic E-state index is 13.5. The average Bonchev–Trinajstić information content (AvgIpc) is 2.60. The van der Waals surface area contributed by atoms with Crippen molar-refractivity contribution in [3.8, 4) is 5.75 Å². The second kappa shape index (κ2) is 7.13. The largest absolute Gasteiger partial charge is 0.493 e. The molecule has 1 aliphatic heterocycles. The van der Waals surface area contributed by atoms with Crippen LogP contribution < -0.4 is 15.8 Å². The highest BCUT2D eigenvalue weighted by Crippen LogP contribution is 2.31. The molecule has 5 heteroatoms. The van der Waals surface area contributed by atoms with Gasteiger partial charge in [-0.25, -0.2) is 4.39 Å². The molecule has 0 spiro atoms. The van der Waals surface area contributed by atoms with Crippen LogP contribution in [0.5, 0.6) is 5.75 Å².